The van der Waals surface area contributed by atoms with Crippen molar-refractivity contribution < 1.29 is 28.2 Å². The molecule has 1 saturated carbocycles. The predicted octanol–water partition coefficient (Wildman–Crippen LogP) is 1.42. The number of nitrogens with zero attached hydrogens (tertiary/aromatic N) is 1. The summed E-state index contributed by atoms with van der Waals surface area (Å²) in [5.41, 5.74) is 0. The van der Waals surface area contributed by atoms with E-state index < -0.39 is 25.0 Å². The number of amides is 1. The summed E-state index contributed by atoms with van der Waals surface area (Å²) in [5, 5.41) is 9.07. The molecule has 0 aromatic carbocycles. The van der Waals surface area contributed by atoms with Gasteiger partial charge in [-0.05, 0) is 18.8 Å². The molecule has 20 heavy (non-hydrogen) atoms. The van der Waals surface area contributed by atoms with Crippen molar-refractivity contribution in [3.63, 3.8) is 0 Å². The molecule has 2 unspecified atom stereocenters. The topological polar surface area (TPSA) is 66.8 Å². The van der Waals surface area contributed by atoms with Crippen molar-refractivity contribution in [2.45, 2.75) is 37.1 Å². The first-order valence-electron chi connectivity index (χ1n) is 6.52. The number of hydrogen-bond acceptors (Lipinski definition) is 4. The summed E-state index contributed by atoms with van der Waals surface area (Å²) in [6, 6.07) is -0.812. The van der Waals surface area contributed by atoms with E-state index in [0.717, 1.165) is 12.8 Å². The lowest BCUT2D eigenvalue weighted by Crippen LogP contribution is -2.46. The van der Waals surface area contributed by atoms with Gasteiger partial charge in [0.05, 0.1) is 18.4 Å². The number of rotatable bonds is 7. The van der Waals surface area contributed by atoms with Gasteiger partial charge in [-0.15, -0.1) is 11.8 Å². The number of carboxylic acids is 1. The van der Waals surface area contributed by atoms with Crippen LogP contribution in [0.2, 0.25) is 0 Å². The lowest BCUT2D eigenvalue weighted by molar-refractivity contribution is -0.149. The van der Waals surface area contributed by atoms with Crippen molar-refractivity contribution >= 4 is 23.6 Å². The molecule has 2 aliphatic rings. The molecule has 1 aliphatic heterocycles. The number of ether oxygens (including phenoxy) is 1. The van der Waals surface area contributed by atoms with Crippen LogP contribution in [0.5, 0.6) is 0 Å². The van der Waals surface area contributed by atoms with E-state index in [2.05, 4.69) is 4.74 Å². The Balaban J connectivity index is 1.88. The minimum atomic E-state index is -2.56. The van der Waals surface area contributed by atoms with E-state index in [0.29, 0.717) is 11.7 Å². The molecule has 2 rings (SSSR count). The second-order valence-corrected chi connectivity index (χ2v) is 6.08. The van der Waals surface area contributed by atoms with E-state index in [9.17, 15) is 18.4 Å². The molecule has 0 spiro atoms. The molecule has 0 radical (unpaired) electrons. The molecule has 0 bridgehead atoms. The highest BCUT2D eigenvalue weighted by Crippen LogP contribution is 2.45. The molecule has 2 fully saturated rings. The third-order valence-corrected chi connectivity index (χ3v) is 4.80. The maximum atomic E-state index is 12.1. The van der Waals surface area contributed by atoms with Crippen LogP contribution in [0.1, 0.15) is 19.3 Å². The molecular weight excluding hydrogens is 292 g/mol. The minimum Gasteiger partial charge on any atom is -0.480 e. The number of carboxylic acid groups (broad SMARTS) is 1. The van der Waals surface area contributed by atoms with Crippen molar-refractivity contribution in [1.82, 2.24) is 4.90 Å². The molecule has 1 amide bonds. The summed E-state index contributed by atoms with van der Waals surface area (Å²) in [6.07, 6.45) is -0.593. The Morgan fingerprint density at radius 1 is 1.40 bits per heavy atom. The number of hydrogen-bond donors (Lipinski definition) is 1. The number of alkyl halides is 2. The summed E-state index contributed by atoms with van der Waals surface area (Å²) < 4.78 is 28.5. The molecule has 1 aliphatic carbocycles. The summed E-state index contributed by atoms with van der Waals surface area (Å²) in [7, 11) is 0. The van der Waals surface area contributed by atoms with Crippen LogP contribution in [-0.2, 0) is 14.3 Å². The van der Waals surface area contributed by atoms with Crippen LogP contribution < -0.4 is 0 Å². The van der Waals surface area contributed by atoms with Gasteiger partial charge in [-0.25, -0.2) is 13.6 Å². The van der Waals surface area contributed by atoms with E-state index >= 15 is 0 Å². The summed E-state index contributed by atoms with van der Waals surface area (Å²) >= 11 is 1.49. The van der Waals surface area contributed by atoms with Crippen LogP contribution >= 0.6 is 11.8 Å². The molecule has 8 heteroatoms. The maximum Gasteiger partial charge on any atom is 0.327 e. The molecule has 1 N–H and O–H groups in total. The fourth-order valence-corrected chi connectivity index (χ4v) is 3.89. The second kappa shape index (κ2) is 6.71. The zero-order chi connectivity index (χ0) is 14.7. The van der Waals surface area contributed by atoms with E-state index in [4.69, 9.17) is 5.11 Å². The number of carbonyl (C=O) groups is 2. The summed E-state index contributed by atoms with van der Waals surface area (Å²) in [4.78, 5) is 24.7. The SMILES string of the molecule is O=C(O)C1CSC(C2CC2)N1C(=O)CCOCC(F)F. The van der Waals surface area contributed by atoms with Crippen molar-refractivity contribution in [3.05, 3.63) is 0 Å². The van der Waals surface area contributed by atoms with Gasteiger partial charge < -0.3 is 14.7 Å². The molecule has 0 aromatic rings. The van der Waals surface area contributed by atoms with Gasteiger partial charge in [-0.1, -0.05) is 0 Å². The van der Waals surface area contributed by atoms with Crippen LogP contribution in [-0.4, -0.2) is 58.7 Å². The number of carbonyl (C=O) groups excluding carboxylic acids is 1. The fourth-order valence-electron chi connectivity index (χ4n) is 2.24. The largest absolute Gasteiger partial charge is 0.480 e. The van der Waals surface area contributed by atoms with Crippen molar-refractivity contribution in [3.8, 4) is 0 Å². The maximum absolute atomic E-state index is 12.1. The first kappa shape index (κ1) is 15.5. The number of halogens is 2. The van der Waals surface area contributed by atoms with Gasteiger partial charge in [0, 0.05) is 5.75 Å². The van der Waals surface area contributed by atoms with E-state index in [1.807, 2.05) is 0 Å². The Labute approximate surface area is 119 Å². The molecule has 0 aromatic heterocycles. The van der Waals surface area contributed by atoms with Crippen LogP contribution in [0.15, 0.2) is 0 Å². The Hall–Kier alpha value is -0.890. The number of aliphatic carboxylic acids is 1. The first-order chi connectivity index (χ1) is 9.50. The third-order valence-electron chi connectivity index (χ3n) is 3.34. The molecule has 1 saturated heterocycles. The zero-order valence-electron chi connectivity index (χ0n) is 10.8. The van der Waals surface area contributed by atoms with Crippen molar-refractivity contribution in [2.24, 2.45) is 5.92 Å². The van der Waals surface area contributed by atoms with Crippen LogP contribution in [0.25, 0.3) is 0 Å². The lowest BCUT2D eigenvalue weighted by atomic mass is 10.2. The monoisotopic (exact) mass is 309 g/mol. The smallest absolute Gasteiger partial charge is 0.327 e. The standard InChI is InChI=1S/C12H17F2NO4S/c13-9(14)5-19-4-3-10(16)15-8(12(17)18)6-20-11(15)7-1-2-7/h7-9,11H,1-6H2,(H,17,18). The average Bonchev–Trinajstić information content (AvgIpc) is 3.12. The van der Waals surface area contributed by atoms with E-state index in [-0.39, 0.29) is 24.3 Å². The first-order valence-corrected chi connectivity index (χ1v) is 7.57. The second-order valence-electron chi connectivity index (χ2n) is 4.93. The van der Waals surface area contributed by atoms with Crippen LogP contribution in [0.4, 0.5) is 8.78 Å². The number of thioether (sulfide) groups is 1. The fraction of sp³-hybridized carbons (Fsp3) is 0.833. The van der Waals surface area contributed by atoms with E-state index in [1.165, 1.54) is 16.7 Å². The van der Waals surface area contributed by atoms with Crippen LogP contribution in [0.3, 0.4) is 0 Å². The predicted molar refractivity (Wildman–Crippen MR) is 68.7 cm³/mol. The Morgan fingerprint density at radius 2 is 2.10 bits per heavy atom. The highest BCUT2D eigenvalue weighted by atomic mass is 32.2. The van der Waals surface area contributed by atoms with Gasteiger partial charge in [0.25, 0.3) is 6.43 Å². The average molecular weight is 309 g/mol. The summed E-state index contributed by atoms with van der Waals surface area (Å²) in [6.45, 7) is -0.801. The molecule has 2 atom stereocenters. The highest BCUT2D eigenvalue weighted by molar-refractivity contribution is 8.00. The van der Waals surface area contributed by atoms with Gasteiger partial charge in [-0.2, -0.15) is 0 Å². The van der Waals surface area contributed by atoms with Crippen molar-refractivity contribution in [2.75, 3.05) is 19.0 Å². The molecule has 1 heterocycles. The van der Waals surface area contributed by atoms with Crippen molar-refractivity contribution in [1.29, 1.82) is 0 Å². The van der Waals surface area contributed by atoms with Gasteiger partial charge >= 0.3 is 5.97 Å². The van der Waals surface area contributed by atoms with Gasteiger partial charge in [0.1, 0.15) is 12.6 Å². The quantitative estimate of drug-likeness (QED) is 0.721. The zero-order valence-corrected chi connectivity index (χ0v) is 11.7. The lowest BCUT2D eigenvalue weighted by Gasteiger charge is -2.27. The third kappa shape index (κ3) is 3.82. The molecular formula is C12H17F2NO4S. The molecule has 5 nitrogen and oxygen atoms in total. The van der Waals surface area contributed by atoms with Gasteiger partial charge in [-0.3, -0.25) is 4.79 Å². The van der Waals surface area contributed by atoms with Crippen LogP contribution in [0, 0.1) is 5.92 Å². The van der Waals surface area contributed by atoms with E-state index in [1.54, 1.807) is 0 Å². The Bertz CT molecular complexity index is 378. The Morgan fingerprint density at radius 3 is 2.65 bits per heavy atom. The molecule has 114 valence electrons. The highest BCUT2D eigenvalue weighted by Gasteiger charge is 2.47. The summed E-state index contributed by atoms with van der Waals surface area (Å²) in [5.74, 6) is -0.577. The van der Waals surface area contributed by atoms with Gasteiger partial charge in [0.15, 0.2) is 0 Å². The minimum absolute atomic E-state index is 0.0553. The Kier molecular flexibility index (Phi) is 5.20. The van der Waals surface area contributed by atoms with Gasteiger partial charge in [0.2, 0.25) is 5.91 Å². The normalized spacial score (nSPS) is 26.2.